The highest BCUT2D eigenvalue weighted by Crippen LogP contribution is 2.19. The largest absolute Gasteiger partial charge is 0.278 e. The molecule has 0 saturated heterocycles. The number of sulfonamides is 1. The fourth-order valence-electron chi connectivity index (χ4n) is 1.53. The molecule has 0 amide bonds. The van der Waals surface area contributed by atoms with Crippen molar-refractivity contribution in [2.24, 2.45) is 0 Å². The van der Waals surface area contributed by atoms with Crippen LogP contribution in [0.25, 0.3) is 0 Å². The Morgan fingerprint density at radius 3 is 2.42 bits per heavy atom. The molecule has 19 heavy (non-hydrogen) atoms. The Hall–Kier alpha value is -1.40. The van der Waals surface area contributed by atoms with Gasteiger partial charge >= 0.3 is 0 Å². The van der Waals surface area contributed by atoms with E-state index in [4.69, 9.17) is 0 Å². The molecule has 0 atom stereocenters. The van der Waals surface area contributed by atoms with Crippen LogP contribution in [0.15, 0.2) is 46.0 Å². The van der Waals surface area contributed by atoms with E-state index in [-0.39, 0.29) is 4.90 Å². The lowest BCUT2D eigenvalue weighted by molar-refractivity contribution is 0.601. The summed E-state index contributed by atoms with van der Waals surface area (Å²) in [4.78, 5) is 4.23. The molecule has 0 saturated carbocycles. The van der Waals surface area contributed by atoms with Crippen LogP contribution in [-0.2, 0) is 10.0 Å². The van der Waals surface area contributed by atoms with Gasteiger partial charge in [-0.1, -0.05) is 6.07 Å². The highest BCUT2D eigenvalue weighted by Gasteiger charge is 2.14. The minimum absolute atomic E-state index is 0.249. The fourth-order valence-corrected chi connectivity index (χ4v) is 2.89. The van der Waals surface area contributed by atoms with Crippen LogP contribution in [0.1, 0.15) is 11.1 Å². The SMILES string of the molecule is Cc1ccc(S(=O)(=O)Nc2ccc(Br)nc2)cc1C. The van der Waals surface area contributed by atoms with E-state index >= 15 is 0 Å². The second-order valence-electron chi connectivity index (χ2n) is 4.22. The number of pyridine rings is 1. The van der Waals surface area contributed by atoms with Crippen LogP contribution in [0.3, 0.4) is 0 Å². The summed E-state index contributed by atoms with van der Waals surface area (Å²) >= 11 is 3.20. The van der Waals surface area contributed by atoms with Crippen molar-refractivity contribution in [1.82, 2.24) is 4.98 Å². The zero-order valence-electron chi connectivity index (χ0n) is 10.5. The summed E-state index contributed by atoms with van der Waals surface area (Å²) in [5.41, 5.74) is 2.43. The monoisotopic (exact) mass is 340 g/mol. The number of rotatable bonds is 3. The summed E-state index contributed by atoms with van der Waals surface area (Å²) < 4.78 is 27.6. The highest BCUT2D eigenvalue weighted by molar-refractivity contribution is 9.10. The van der Waals surface area contributed by atoms with Crippen molar-refractivity contribution < 1.29 is 8.42 Å². The normalized spacial score (nSPS) is 11.3. The number of benzene rings is 1. The third-order valence-electron chi connectivity index (χ3n) is 2.77. The molecular weight excluding hydrogens is 328 g/mol. The molecule has 0 aliphatic rings. The van der Waals surface area contributed by atoms with Crippen molar-refractivity contribution in [3.63, 3.8) is 0 Å². The topological polar surface area (TPSA) is 59.1 Å². The molecular formula is C13H13BrN2O2S. The first-order valence-corrected chi connectivity index (χ1v) is 7.88. The number of nitrogens with zero attached hydrogens (tertiary/aromatic N) is 1. The van der Waals surface area contributed by atoms with Crippen LogP contribution in [0.4, 0.5) is 5.69 Å². The third-order valence-corrected chi connectivity index (χ3v) is 4.62. The van der Waals surface area contributed by atoms with Gasteiger partial charge in [-0.15, -0.1) is 0 Å². The summed E-state index contributed by atoms with van der Waals surface area (Å²) in [7, 11) is -3.57. The third kappa shape index (κ3) is 3.33. The number of halogens is 1. The first-order chi connectivity index (χ1) is 8.88. The van der Waals surface area contributed by atoms with E-state index in [2.05, 4.69) is 25.6 Å². The van der Waals surface area contributed by atoms with Gasteiger partial charge in [-0.05, 0) is 65.2 Å². The van der Waals surface area contributed by atoms with Gasteiger partial charge in [0.25, 0.3) is 10.0 Å². The van der Waals surface area contributed by atoms with Gasteiger partial charge in [-0.2, -0.15) is 0 Å². The van der Waals surface area contributed by atoms with Crippen molar-refractivity contribution in [2.45, 2.75) is 18.7 Å². The van der Waals surface area contributed by atoms with E-state index in [1.807, 2.05) is 13.8 Å². The molecule has 0 aliphatic carbocycles. The van der Waals surface area contributed by atoms with Crippen molar-refractivity contribution in [3.05, 3.63) is 52.3 Å². The van der Waals surface area contributed by atoms with Crippen LogP contribution < -0.4 is 4.72 Å². The van der Waals surface area contributed by atoms with Crippen molar-refractivity contribution in [3.8, 4) is 0 Å². The number of aromatic nitrogens is 1. The molecule has 1 aromatic heterocycles. The summed E-state index contributed by atoms with van der Waals surface area (Å²) in [6, 6.07) is 8.37. The number of nitrogens with one attached hydrogen (secondary N) is 1. The first kappa shape index (κ1) is 14.0. The maximum Gasteiger partial charge on any atom is 0.261 e. The van der Waals surface area contributed by atoms with E-state index in [1.165, 1.54) is 6.20 Å². The van der Waals surface area contributed by atoms with E-state index < -0.39 is 10.0 Å². The van der Waals surface area contributed by atoms with Gasteiger partial charge in [0, 0.05) is 0 Å². The average Bonchev–Trinajstić information content (AvgIpc) is 2.35. The smallest absolute Gasteiger partial charge is 0.261 e. The Morgan fingerprint density at radius 2 is 1.84 bits per heavy atom. The second-order valence-corrected chi connectivity index (χ2v) is 6.72. The van der Waals surface area contributed by atoms with Gasteiger partial charge in [0.2, 0.25) is 0 Å². The second kappa shape index (κ2) is 5.30. The van der Waals surface area contributed by atoms with Crippen LogP contribution in [0.2, 0.25) is 0 Å². The molecule has 4 nitrogen and oxygen atoms in total. The molecule has 0 radical (unpaired) electrons. The molecule has 0 fully saturated rings. The average molecular weight is 341 g/mol. The van der Waals surface area contributed by atoms with Gasteiger partial charge in [0.1, 0.15) is 4.60 Å². The minimum Gasteiger partial charge on any atom is -0.278 e. The molecule has 100 valence electrons. The van der Waals surface area contributed by atoms with Crippen molar-refractivity contribution in [1.29, 1.82) is 0 Å². The highest BCUT2D eigenvalue weighted by atomic mass is 79.9. The summed E-state index contributed by atoms with van der Waals surface area (Å²) in [6.45, 7) is 3.83. The molecule has 0 spiro atoms. The lowest BCUT2D eigenvalue weighted by atomic mass is 10.1. The van der Waals surface area contributed by atoms with Crippen LogP contribution in [0.5, 0.6) is 0 Å². The zero-order chi connectivity index (χ0) is 14.0. The fraction of sp³-hybridized carbons (Fsp3) is 0.154. The van der Waals surface area contributed by atoms with Gasteiger partial charge < -0.3 is 0 Å². The van der Waals surface area contributed by atoms with Crippen LogP contribution in [0, 0.1) is 13.8 Å². The predicted octanol–water partition coefficient (Wildman–Crippen LogP) is 3.26. The molecule has 6 heteroatoms. The standard InChI is InChI=1S/C13H13BrN2O2S/c1-9-3-5-12(7-10(9)2)19(17,18)16-11-4-6-13(14)15-8-11/h3-8,16H,1-2H3. The molecule has 2 rings (SSSR count). The zero-order valence-corrected chi connectivity index (χ0v) is 12.9. The molecule has 0 aliphatic heterocycles. The Bertz CT molecular complexity index is 697. The van der Waals surface area contributed by atoms with E-state index in [0.29, 0.717) is 10.3 Å². The minimum atomic E-state index is -3.57. The molecule has 0 unspecified atom stereocenters. The predicted molar refractivity (Wildman–Crippen MR) is 78.7 cm³/mol. The number of hydrogen-bond acceptors (Lipinski definition) is 3. The van der Waals surface area contributed by atoms with Crippen LogP contribution in [-0.4, -0.2) is 13.4 Å². The Kier molecular flexibility index (Phi) is 3.91. The maximum atomic E-state index is 12.2. The first-order valence-electron chi connectivity index (χ1n) is 5.60. The van der Waals surface area contributed by atoms with Gasteiger partial charge in [0.05, 0.1) is 16.8 Å². The molecule has 1 N–H and O–H groups in total. The number of aryl methyl sites for hydroxylation is 2. The summed E-state index contributed by atoms with van der Waals surface area (Å²) in [5, 5.41) is 0. The summed E-state index contributed by atoms with van der Waals surface area (Å²) in [6.07, 6.45) is 1.46. The van der Waals surface area contributed by atoms with Gasteiger partial charge in [-0.3, -0.25) is 4.72 Å². The molecule has 1 heterocycles. The lowest BCUT2D eigenvalue weighted by Crippen LogP contribution is -2.13. The molecule has 0 bridgehead atoms. The Balaban J connectivity index is 2.32. The number of anilines is 1. The summed E-state index contributed by atoms with van der Waals surface area (Å²) in [5.74, 6) is 0. The maximum absolute atomic E-state index is 12.2. The van der Waals surface area contributed by atoms with Gasteiger partial charge in [0.15, 0.2) is 0 Å². The Morgan fingerprint density at radius 1 is 1.11 bits per heavy atom. The van der Waals surface area contributed by atoms with E-state index in [9.17, 15) is 8.42 Å². The van der Waals surface area contributed by atoms with Crippen molar-refractivity contribution in [2.75, 3.05) is 4.72 Å². The van der Waals surface area contributed by atoms with E-state index in [0.717, 1.165) is 11.1 Å². The van der Waals surface area contributed by atoms with Crippen molar-refractivity contribution >= 4 is 31.6 Å². The quantitative estimate of drug-likeness (QED) is 0.872. The molecule has 1 aromatic carbocycles. The van der Waals surface area contributed by atoms with Crippen LogP contribution >= 0.6 is 15.9 Å². The number of hydrogen-bond donors (Lipinski definition) is 1. The molecule has 2 aromatic rings. The van der Waals surface area contributed by atoms with Gasteiger partial charge in [-0.25, -0.2) is 13.4 Å². The van der Waals surface area contributed by atoms with E-state index in [1.54, 1.807) is 30.3 Å². The Labute approximate surface area is 121 Å². The lowest BCUT2D eigenvalue weighted by Gasteiger charge is -2.09.